The fourth-order valence-electron chi connectivity index (χ4n) is 2.27. The molecule has 0 spiro atoms. The highest BCUT2D eigenvalue weighted by Crippen LogP contribution is 2.10. The summed E-state index contributed by atoms with van der Waals surface area (Å²) in [5, 5.41) is 3.37. The average Bonchev–Trinajstić information content (AvgIpc) is 2.39. The van der Waals surface area contributed by atoms with Gasteiger partial charge in [0.05, 0.1) is 0 Å². The molecule has 0 unspecified atom stereocenters. The van der Waals surface area contributed by atoms with E-state index in [4.69, 9.17) is 9.59 Å². The Labute approximate surface area is 121 Å². The molecule has 0 bridgehead atoms. The monoisotopic (exact) mass is 289 g/mol. The molecule has 0 amide bonds. The summed E-state index contributed by atoms with van der Waals surface area (Å²) in [6, 6.07) is 0.616. The molecule has 19 heavy (non-hydrogen) atoms. The van der Waals surface area contributed by atoms with Crippen LogP contribution in [0.1, 0.15) is 77.6 Å². The first-order valence-electron chi connectivity index (χ1n) is 8.34. The average molecular weight is 290 g/mol. The maximum atomic E-state index is 8.81. The van der Waals surface area contributed by atoms with Crippen LogP contribution in [-0.2, 0) is 0 Å². The molecule has 3 nitrogen and oxygen atoms in total. The summed E-state index contributed by atoms with van der Waals surface area (Å²) in [4.78, 5) is 17.6. The van der Waals surface area contributed by atoms with E-state index in [1.54, 1.807) is 0 Å². The lowest BCUT2D eigenvalue weighted by Gasteiger charge is -2.05. The van der Waals surface area contributed by atoms with Gasteiger partial charge in [-0.15, -0.1) is 0 Å². The van der Waals surface area contributed by atoms with Crippen molar-refractivity contribution >= 4 is 9.28 Å². The lowest BCUT2D eigenvalue weighted by atomic mass is 10.1. The quantitative estimate of drug-likeness (QED) is 0.321. The second kappa shape index (κ2) is 16.2. The number of nitrogens with one attached hydrogen (secondary N) is 1. The van der Waals surface area contributed by atoms with Gasteiger partial charge < -0.3 is 14.9 Å². The molecule has 0 aromatic rings. The van der Waals surface area contributed by atoms with Gasteiger partial charge in [-0.3, -0.25) is 0 Å². The predicted molar refractivity (Wildman–Crippen MR) is 85.7 cm³/mol. The van der Waals surface area contributed by atoms with Gasteiger partial charge in [0.2, 0.25) is 0 Å². The summed E-state index contributed by atoms with van der Waals surface area (Å²) in [6.45, 7) is 4.28. The maximum Gasteiger partial charge on any atom is 0.316 e. The van der Waals surface area contributed by atoms with Crippen LogP contribution in [0.2, 0.25) is 6.04 Å². The van der Waals surface area contributed by atoms with Gasteiger partial charge in [-0.25, -0.2) is 0 Å². The Bertz CT molecular complexity index is 168. The molecule has 0 aliphatic carbocycles. The Morgan fingerprint density at radius 1 is 0.684 bits per heavy atom. The molecule has 116 valence electrons. The summed E-state index contributed by atoms with van der Waals surface area (Å²) in [5.74, 6) is 0. The summed E-state index contributed by atoms with van der Waals surface area (Å²) < 4.78 is 0. The fraction of sp³-hybridized carbons (Fsp3) is 1.00. The van der Waals surface area contributed by atoms with Gasteiger partial charge >= 0.3 is 9.28 Å². The van der Waals surface area contributed by atoms with Crippen LogP contribution >= 0.6 is 0 Å². The van der Waals surface area contributed by atoms with Crippen molar-refractivity contribution in [2.24, 2.45) is 0 Å². The Morgan fingerprint density at radius 2 is 1.16 bits per heavy atom. The van der Waals surface area contributed by atoms with E-state index in [1.807, 2.05) is 0 Å². The van der Waals surface area contributed by atoms with E-state index in [-0.39, 0.29) is 0 Å². The zero-order chi connectivity index (χ0) is 14.2. The minimum absolute atomic E-state index is 0.616. The summed E-state index contributed by atoms with van der Waals surface area (Å²) in [7, 11) is -2.30. The molecule has 0 saturated heterocycles. The van der Waals surface area contributed by atoms with Crippen molar-refractivity contribution in [1.29, 1.82) is 0 Å². The number of rotatable bonds is 15. The number of hydrogen-bond acceptors (Lipinski definition) is 3. The third-order valence-corrected chi connectivity index (χ3v) is 4.45. The van der Waals surface area contributed by atoms with E-state index >= 15 is 0 Å². The molecule has 3 N–H and O–H groups in total. The lowest BCUT2D eigenvalue weighted by Crippen LogP contribution is -2.19. The minimum atomic E-state index is -2.30. The van der Waals surface area contributed by atoms with Crippen molar-refractivity contribution < 1.29 is 9.59 Å². The molecule has 4 heteroatoms. The van der Waals surface area contributed by atoms with Crippen molar-refractivity contribution in [2.45, 2.75) is 83.6 Å². The maximum absolute atomic E-state index is 8.81. The van der Waals surface area contributed by atoms with E-state index < -0.39 is 9.28 Å². The molecule has 0 fully saturated rings. The lowest BCUT2D eigenvalue weighted by molar-refractivity contribution is 0.402. The third kappa shape index (κ3) is 18.1. The van der Waals surface area contributed by atoms with E-state index in [0.717, 1.165) is 19.5 Å². The molecule has 0 atom stereocenters. The van der Waals surface area contributed by atoms with Gasteiger partial charge in [-0.1, -0.05) is 64.7 Å². The van der Waals surface area contributed by atoms with Crippen LogP contribution in [-0.4, -0.2) is 32.0 Å². The van der Waals surface area contributed by atoms with Gasteiger partial charge in [0.15, 0.2) is 0 Å². The van der Waals surface area contributed by atoms with Crippen LogP contribution in [0.15, 0.2) is 0 Å². The topological polar surface area (TPSA) is 52.5 Å². The molecule has 0 radical (unpaired) electrons. The highest BCUT2D eigenvalue weighted by atomic mass is 28.3. The first-order chi connectivity index (χ1) is 9.27. The first kappa shape index (κ1) is 19.1. The summed E-state index contributed by atoms with van der Waals surface area (Å²) in [5.41, 5.74) is 0. The Kier molecular flexibility index (Phi) is 16.2. The summed E-state index contributed by atoms with van der Waals surface area (Å²) >= 11 is 0. The van der Waals surface area contributed by atoms with Crippen LogP contribution in [0.3, 0.4) is 0 Å². The van der Waals surface area contributed by atoms with Gasteiger partial charge in [0.25, 0.3) is 0 Å². The minimum Gasteiger partial charge on any atom is -0.413 e. The fourth-order valence-corrected chi connectivity index (χ4v) is 2.84. The van der Waals surface area contributed by atoms with Crippen molar-refractivity contribution in [3.8, 4) is 0 Å². The number of hydrogen-bond donors (Lipinski definition) is 3. The van der Waals surface area contributed by atoms with Gasteiger partial charge in [-0.05, 0) is 32.0 Å². The zero-order valence-electron chi connectivity index (χ0n) is 12.9. The van der Waals surface area contributed by atoms with Crippen LogP contribution in [0.25, 0.3) is 0 Å². The van der Waals surface area contributed by atoms with E-state index in [2.05, 4.69) is 12.2 Å². The molecule has 0 saturated carbocycles. The molecule has 0 rings (SSSR count). The Balaban J connectivity index is 2.91. The Morgan fingerprint density at radius 3 is 1.68 bits per heavy atom. The summed E-state index contributed by atoms with van der Waals surface area (Å²) in [6.07, 6.45) is 14.7. The molecule has 0 aliphatic heterocycles. The number of unbranched alkanes of at least 4 members (excludes halogenated alkanes) is 9. The third-order valence-electron chi connectivity index (χ3n) is 3.52. The van der Waals surface area contributed by atoms with Crippen molar-refractivity contribution in [3.63, 3.8) is 0 Å². The largest absolute Gasteiger partial charge is 0.413 e. The normalized spacial score (nSPS) is 11.4. The molecular formula is C15H35NO2Si. The highest BCUT2D eigenvalue weighted by Gasteiger charge is 1.99. The van der Waals surface area contributed by atoms with Crippen LogP contribution < -0.4 is 5.32 Å². The zero-order valence-corrected chi connectivity index (χ0v) is 14.0. The highest BCUT2D eigenvalue weighted by molar-refractivity contribution is 6.40. The SMILES string of the molecule is CCCCCCCCCCCCNCCC[SiH](O)O. The van der Waals surface area contributed by atoms with Crippen molar-refractivity contribution in [3.05, 3.63) is 0 Å². The molecule has 0 aromatic carbocycles. The molecule has 0 heterocycles. The van der Waals surface area contributed by atoms with Gasteiger partial charge in [0.1, 0.15) is 0 Å². The Hall–Kier alpha value is 0.0969. The first-order valence-corrected chi connectivity index (χ1v) is 10.2. The van der Waals surface area contributed by atoms with Crippen LogP contribution in [0.5, 0.6) is 0 Å². The van der Waals surface area contributed by atoms with Gasteiger partial charge in [-0.2, -0.15) is 0 Å². The molecule has 0 aliphatic rings. The second-order valence-electron chi connectivity index (χ2n) is 5.55. The van der Waals surface area contributed by atoms with E-state index in [9.17, 15) is 0 Å². The standard InChI is InChI=1S/C15H35NO2Si/c1-2-3-4-5-6-7-8-9-10-11-13-16-14-12-15-19(17)18/h16-19H,2-15H2,1H3. The van der Waals surface area contributed by atoms with Crippen molar-refractivity contribution in [2.75, 3.05) is 13.1 Å². The molecular weight excluding hydrogens is 254 g/mol. The molecule has 0 aromatic heterocycles. The van der Waals surface area contributed by atoms with Crippen LogP contribution in [0.4, 0.5) is 0 Å². The van der Waals surface area contributed by atoms with Crippen molar-refractivity contribution in [1.82, 2.24) is 5.32 Å². The smallest absolute Gasteiger partial charge is 0.316 e. The second-order valence-corrected chi connectivity index (χ2v) is 7.09. The van der Waals surface area contributed by atoms with E-state index in [0.29, 0.717) is 6.04 Å². The van der Waals surface area contributed by atoms with Gasteiger partial charge in [0, 0.05) is 0 Å². The van der Waals surface area contributed by atoms with E-state index in [1.165, 1.54) is 64.2 Å². The predicted octanol–water partition coefficient (Wildman–Crippen LogP) is 3.09. The van der Waals surface area contributed by atoms with Crippen LogP contribution in [0, 0.1) is 0 Å².